The molecule has 0 unspecified atom stereocenters. The molecule has 0 saturated carbocycles. The van der Waals surface area contributed by atoms with Crippen LogP contribution in [0.2, 0.25) is 0 Å². The molecule has 2 heterocycles. The van der Waals surface area contributed by atoms with Gasteiger partial charge in [0.25, 0.3) is 0 Å². The Morgan fingerprint density at radius 1 is 1.21 bits per heavy atom. The first-order valence-corrected chi connectivity index (χ1v) is 8.32. The van der Waals surface area contributed by atoms with Gasteiger partial charge in [-0.15, -0.1) is 11.3 Å². The van der Waals surface area contributed by atoms with Crippen LogP contribution < -0.4 is 5.32 Å². The SMILES string of the molecule is Cc1nc(-c2ccccn2)sc1CC(=O)NCc1ccc(F)cc1. The summed E-state index contributed by atoms with van der Waals surface area (Å²) in [4.78, 5) is 21.8. The maximum Gasteiger partial charge on any atom is 0.225 e. The molecule has 0 fully saturated rings. The molecule has 3 aromatic rings. The van der Waals surface area contributed by atoms with Gasteiger partial charge in [0, 0.05) is 17.6 Å². The molecule has 0 spiro atoms. The molecule has 1 amide bonds. The van der Waals surface area contributed by atoms with Crippen molar-refractivity contribution in [1.29, 1.82) is 0 Å². The highest BCUT2D eigenvalue weighted by Gasteiger charge is 2.13. The lowest BCUT2D eigenvalue weighted by Gasteiger charge is -2.04. The third kappa shape index (κ3) is 4.02. The van der Waals surface area contributed by atoms with Crippen molar-refractivity contribution in [3.63, 3.8) is 0 Å². The lowest BCUT2D eigenvalue weighted by molar-refractivity contribution is -0.120. The van der Waals surface area contributed by atoms with Crippen molar-refractivity contribution in [2.75, 3.05) is 0 Å². The van der Waals surface area contributed by atoms with Gasteiger partial charge in [-0.1, -0.05) is 18.2 Å². The molecule has 0 aliphatic rings. The molecule has 1 N–H and O–H groups in total. The Hall–Kier alpha value is -2.60. The number of hydrogen-bond donors (Lipinski definition) is 1. The van der Waals surface area contributed by atoms with Gasteiger partial charge < -0.3 is 5.32 Å². The van der Waals surface area contributed by atoms with Crippen LogP contribution in [0.15, 0.2) is 48.7 Å². The van der Waals surface area contributed by atoms with Crippen molar-refractivity contribution in [2.24, 2.45) is 0 Å². The minimum absolute atomic E-state index is 0.0846. The lowest BCUT2D eigenvalue weighted by Crippen LogP contribution is -2.24. The Balaban J connectivity index is 1.62. The number of thiazole rings is 1. The number of benzene rings is 1. The van der Waals surface area contributed by atoms with Crippen LogP contribution in [0.3, 0.4) is 0 Å². The number of aromatic nitrogens is 2. The summed E-state index contributed by atoms with van der Waals surface area (Å²) in [6.45, 7) is 2.27. The number of halogens is 1. The zero-order valence-electron chi connectivity index (χ0n) is 13.1. The molecule has 122 valence electrons. The molecule has 1 aromatic carbocycles. The molecule has 0 saturated heterocycles. The van der Waals surface area contributed by atoms with Crippen LogP contribution in [-0.2, 0) is 17.8 Å². The zero-order valence-corrected chi connectivity index (χ0v) is 13.9. The van der Waals surface area contributed by atoms with Gasteiger partial charge in [0.15, 0.2) is 0 Å². The maximum atomic E-state index is 12.9. The molecular formula is C18H16FN3OS. The quantitative estimate of drug-likeness (QED) is 0.773. The number of hydrogen-bond acceptors (Lipinski definition) is 4. The minimum atomic E-state index is -0.285. The van der Waals surface area contributed by atoms with Crippen molar-refractivity contribution < 1.29 is 9.18 Å². The van der Waals surface area contributed by atoms with Crippen molar-refractivity contribution in [3.05, 3.63) is 70.6 Å². The third-order valence-corrected chi connectivity index (χ3v) is 4.68. The smallest absolute Gasteiger partial charge is 0.225 e. The number of aryl methyl sites for hydroxylation is 1. The van der Waals surface area contributed by atoms with Crippen LogP contribution in [0.4, 0.5) is 4.39 Å². The van der Waals surface area contributed by atoms with E-state index >= 15 is 0 Å². The summed E-state index contributed by atoms with van der Waals surface area (Å²) in [5, 5.41) is 3.66. The van der Waals surface area contributed by atoms with Gasteiger partial charge in [0.1, 0.15) is 10.8 Å². The number of carbonyl (C=O) groups excluding carboxylic acids is 1. The van der Waals surface area contributed by atoms with Crippen LogP contribution in [-0.4, -0.2) is 15.9 Å². The summed E-state index contributed by atoms with van der Waals surface area (Å²) >= 11 is 1.48. The van der Waals surface area contributed by atoms with Crippen molar-refractivity contribution in [1.82, 2.24) is 15.3 Å². The molecular weight excluding hydrogens is 325 g/mol. The van der Waals surface area contributed by atoms with E-state index in [4.69, 9.17) is 0 Å². The second kappa shape index (κ2) is 7.31. The summed E-state index contributed by atoms with van der Waals surface area (Å²) in [6, 6.07) is 11.7. The van der Waals surface area contributed by atoms with Crippen LogP contribution in [0.5, 0.6) is 0 Å². The monoisotopic (exact) mass is 341 g/mol. The van der Waals surface area contributed by atoms with Crippen molar-refractivity contribution >= 4 is 17.2 Å². The van der Waals surface area contributed by atoms with Crippen LogP contribution in [0.1, 0.15) is 16.1 Å². The first kappa shape index (κ1) is 16.3. The average Bonchev–Trinajstić information content (AvgIpc) is 2.96. The normalized spacial score (nSPS) is 10.6. The molecule has 0 bridgehead atoms. The Labute approximate surface area is 143 Å². The largest absolute Gasteiger partial charge is 0.352 e. The van der Waals surface area contributed by atoms with Crippen molar-refractivity contribution in [3.8, 4) is 10.7 Å². The fourth-order valence-corrected chi connectivity index (χ4v) is 3.24. The zero-order chi connectivity index (χ0) is 16.9. The first-order chi connectivity index (χ1) is 11.6. The van der Waals surface area contributed by atoms with Gasteiger partial charge in [-0.3, -0.25) is 9.78 Å². The van der Waals surface area contributed by atoms with Gasteiger partial charge in [-0.05, 0) is 36.8 Å². The van der Waals surface area contributed by atoms with E-state index in [0.717, 1.165) is 26.8 Å². The summed E-state index contributed by atoms with van der Waals surface area (Å²) in [7, 11) is 0. The van der Waals surface area contributed by atoms with Crippen LogP contribution >= 0.6 is 11.3 Å². The number of rotatable bonds is 5. The Morgan fingerprint density at radius 3 is 2.71 bits per heavy atom. The van der Waals surface area contributed by atoms with Gasteiger partial charge in [0.2, 0.25) is 5.91 Å². The summed E-state index contributed by atoms with van der Waals surface area (Å²) in [5.74, 6) is -0.369. The van der Waals surface area contributed by atoms with E-state index in [1.165, 1.54) is 23.5 Å². The second-order valence-electron chi connectivity index (χ2n) is 5.32. The van der Waals surface area contributed by atoms with E-state index in [9.17, 15) is 9.18 Å². The number of amides is 1. The number of pyridine rings is 1. The predicted octanol–water partition coefficient (Wildman–Crippen LogP) is 3.51. The minimum Gasteiger partial charge on any atom is -0.352 e. The lowest BCUT2D eigenvalue weighted by atomic mass is 10.2. The van der Waals surface area contributed by atoms with Crippen molar-refractivity contribution in [2.45, 2.75) is 19.9 Å². The molecule has 6 heteroatoms. The van der Waals surface area contributed by atoms with Gasteiger partial charge in [0.05, 0.1) is 17.8 Å². The third-order valence-electron chi connectivity index (χ3n) is 3.50. The molecule has 4 nitrogen and oxygen atoms in total. The highest BCUT2D eigenvalue weighted by atomic mass is 32.1. The summed E-state index contributed by atoms with van der Waals surface area (Å²) in [5.41, 5.74) is 2.51. The van der Waals surface area contributed by atoms with Gasteiger partial charge >= 0.3 is 0 Å². The van der Waals surface area contributed by atoms with Crippen LogP contribution in [0.25, 0.3) is 10.7 Å². The van der Waals surface area contributed by atoms with E-state index in [1.54, 1.807) is 18.3 Å². The second-order valence-corrected chi connectivity index (χ2v) is 6.41. The molecule has 0 radical (unpaired) electrons. The molecule has 0 aliphatic heterocycles. The number of carbonyl (C=O) groups is 1. The van der Waals surface area contributed by atoms with Gasteiger partial charge in [-0.2, -0.15) is 0 Å². The Morgan fingerprint density at radius 2 is 2.00 bits per heavy atom. The summed E-state index contributed by atoms with van der Waals surface area (Å²) < 4.78 is 12.9. The number of nitrogens with one attached hydrogen (secondary N) is 1. The molecule has 3 rings (SSSR count). The Bertz CT molecular complexity index is 831. The van der Waals surface area contributed by atoms with E-state index < -0.39 is 0 Å². The van der Waals surface area contributed by atoms with E-state index in [-0.39, 0.29) is 18.1 Å². The average molecular weight is 341 g/mol. The van der Waals surface area contributed by atoms with Crippen LogP contribution in [0, 0.1) is 12.7 Å². The van der Waals surface area contributed by atoms with E-state index in [1.807, 2.05) is 25.1 Å². The maximum absolute atomic E-state index is 12.9. The Kier molecular flexibility index (Phi) is 4.96. The first-order valence-electron chi connectivity index (χ1n) is 7.50. The van der Waals surface area contributed by atoms with E-state index in [0.29, 0.717) is 6.54 Å². The fourth-order valence-electron chi connectivity index (χ4n) is 2.20. The predicted molar refractivity (Wildman–Crippen MR) is 92.0 cm³/mol. The van der Waals surface area contributed by atoms with Gasteiger partial charge in [-0.25, -0.2) is 9.37 Å². The molecule has 0 aliphatic carbocycles. The molecule has 24 heavy (non-hydrogen) atoms. The standard InChI is InChI=1S/C18H16FN3OS/c1-12-16(24-18(22-12)15-4-2-3-9-20-15)10-17(23)21-11-13-5-7-14(19)8-6-13/h2-9H,10-11H2,1H3,(H,21,23). The highest BCUT2D eigenvalue weighted by Crippen LogP contribution is 2.26. The topological polar surface area (TPSA) is 54.9 Å². The molecule has 0 atom stereocenters. The van der Waals surface area contributed by atoms with E-state index in [2.05, 4.69) is 15.3 Å². The highest BCUT2D eigenvalue weighted by molar-refractivity contribution is 7.15. The molecule has 2 aromatic heterocycles. The fraction of sp³-hybridized carbons (Fsp3) is 0.167. The number of nitrogens with zero attached hydrogens (tertiary/aromatic N) is 2. The summed E-state index contributed by atoms with van der Waals surface area (Å²) in [6.07, 6.45) is 2.00.